The molecule has 0 aromatic carbocycles. The summed E-state index contributed by atoms with van der Waals surface area (Å²) < 4.78 is 6.09. The molecule has 24 heavy (non-hydrogen) atoms. The molecule has 1 aliphatic heterocycles. The van der Waals surface area contributed by atoms with E-state index in [0.717, 1.165) is 35.2 Å². The highest BCUT2D eigenvalue weighted by molar-refractivity contribution is 7.09. The first kappa shape index (κ1) is 16.7. The van der Waals surface area contributed by atoms with Crippen LogP contribution >= 0.6 is 11.3 Å². The Morgan fingerprint density at radius 2 is 2.33 bits per heavy atom. The van der Waals surface area contributed by atoms with Gasteiger partial charge < -0.3 is 14.5 Å². The number of thiazole rings is 1. The molecule has 0 unspecified atom stereocenters. The van der Waals surface area contributed by atoms with Gasteiger partial charge >= 0.3 is 0 Å². The van der Waals surface area contributed by atoms with Crippen LogP contribution in [0.15, 0.2) is 23.7 Å². The zero-order valence-electron chi connectivity index (χ0n) is 14.2. The predicted molar refractivity (Wildman–Crippen MR) is 94.7 cm³/mol. The summed E-state index contributed by atoms with van der Waals surface area (Å²) in [6.45, 7) is 3.29. The fraction of sp³-hybridized carbons (Fsp3) is 0.471. The van der Waals surface area contributed by atoms with Gasteiger partial charge in [-0.05, 0) is 19.1 Å². The van der Waals surface area contributed by atoms with Crippen molar-refractivity contribution in [3.8, 4) is 5.75 Å². The van der Waals surface area contributed by atoms with Crippen molar-refractivity contribution in [2.75, 3.05) is 32.1 Å². The SMILES string of the molecule is Cc1nc(CC(=O)N2CC[C@@H](Oc3cccnc3N(C)C)C2)cs1. The molecule has 1 fully saturated rings. The first-order chi connectivity index (χ1) is 11.5. The van der Waals surface area contributed by atoms with E-state index in [1.807, 2.05) is 48.3 Å². The fourth-order valence-electron chi connectivity index (χ4n) is 2.80. The number of nitrogens with zero attached hydrogens (tertiary/aromatic N) is 4. The molecular formula is C17H22N4O2S. The number of aromatic nitrogens is 2. The van der Waals surface area contributed by atoms with Crippen LogP contribution in [0.4, 0.5) is 5.82 Å². The molecule has 3 rings (SSSR count). The van der Waals surface area contributed by atoms with Gasteiger partial charge in [-0.25, -0.2) is 9.97 Å². The number of amides is 1. The molecule has 0 bridgehead atoms. The lowest BCUT2D eigenvalue weighted by Gasteiger charge is -2.20. The van der Waals surface area contributed by atoms with Gasteiger partial charge in [0.05, 0.1) is 23.7 Å². The number of carbonyl (C=O) groups is 1. The molecule has 1 atom stereocenters. The van der Waals surface area contributed by atoms with Crippen molar-refractivity contribution < 1.29 is 9.53 Å². The fourth-order valence-corrected chi connectivity index (χ4v) is 3.41. The summed E-state index contributed by atoms with van der Waals surface area (Å²) >= 11 is 1.58. The standard InChI is InChI=1S/C17H22N4O2S/c1-12-19-13(11-24-12)9-16(22)21-8-6-14(10-21)23-15-5-4-7-18-17(15)20(2)3/h4-5,7,11,14H,6,8-10H2,1-3H3/t14-/m1/s1. The Labute approximate surface area is 146 Å². The number of ether oxygens (including phenoxy) is 1. The van der Waals surface area contributed by atoms with Gasteiger partial charge in [0.15, 0.2) is 11.6 Å². The maximum atomic E-state index is 12.4. The highest BCUT2D eigenvalue weighted by Crippen LogP contribution is 2.26. The highest BCUT2D eigenvalue weighted by Gasteiger charge is 2.28. The van der Waals surface area contributed by atoms with Crippen molar-refractivity contribution in [3.05, 3.63) is 34.4 Å². The Kier molecular flexibility index (Phi) is 4.99. The van der Waals surface area contributed by atoms with Crippen LogP contribution in [0.3, 0.4) is 0 Å². The second kappa shape index (κ2) is 7.17. The number of pyridine rings is 1. The van der Waals surface area contributed by atoms with Crippen molar-refractivity contribution in [3.63, 3.8) is 0 Å². The third-order valence-corrected chi connectivity index (χ3v) is 4.79. The molecule has 0 saturated carbocycles. The van der Waals surface area contributed by atoms with Crippen LogP contribution in [0.1, 0.15) is 17.1 Å². The second-order valence-corrected chi connectivity index (χ2v) is 7.18. The minimum Gasteiger partial charge on any atom is -0.485 e. The Morgan fingerprint density at radius 1 is 1.50 bits per heavy atom. The summed E-state index contributed by atoms with van der Waals surface area (Å²) in [6.07, 6.45) is 2.97. The molecule has 3 heterocycles. The van der Waals surface area contributed by atoms with Gasteiger partial charge in [0.25, 0.3) is 0 Å². The van der Waals surface area contributed by atoms with Crippen LogP contribution in [-0.2, 0) is 11.2 Å². The van der Waals surface area contributed by atoms with E-state index >= 15 is 0 Å². The third kappa shape index (κ3) is 3.84. The monoisotopic (exact) mass is 346 g/mol. The smallest absolute Gasteiger partial charge is 0.228 e. The molecule has 1 saturated heterocycles. The predicted octanol–water partition coefficient (Wildman–Crippen LogP) is 2.13. The second-order valence-electron chi connectivity index (χ2n) is 6.12. The van der Waals surface area contributed by atoms with E-state index < -0.39 is 0 Å². The van der Waals surface area contributed by atoms with Crippen molar-refractivity contribution >= 4 is 23.1 Å². The van der Waals surface area contributed by atoms with E-state index in [0.29, 0.717) is 13.0 Å². The summed E-state index contributed by atoms with van der Waals surface area (Å²) in [4.78, 5) is 24.9. The van der Waals surface area contributed by atoms with Crippen LogP contribution in [0.5, 0.6) is 5.75 Å². The van der Waals surface area contributed by atoms with Gasteiger partial charge in [-0.15, -0.1) is 11.3 Å². The highest BCUT2D eigenvalue weighted by atomic mass is 32.1. The molecule has 7 heteroatoms. The number of hydrogen-bond acceptors (Lipinski definition) is 6. The van der Waals surface area contributed by atoms with Crippen LogP contribution in [-0.4, -0.2) is 54.1 Å². The average Bonchev–Trinajstić information content (AvgIpc) is 3.17. The number of aryl methyl sites for hydroxylation is 1. The number of carbonyl (C=O) groups excluding carboxylic acids is 1. The maximum Gasteiger partial charge on any atom is 0.228 e. The van der Waals surface area contributed by atoms with Gasteiger partial charge in [0.2, 0.25) is 5.91 Å². The van der Waals surface area contributed by atoms with Crippen LogP contribution < -0.4 is 9.64 Å². The third-order valence-electron chi connectivity index (χ3n) is 3.96. The van der Waals surface area contributed by atoms with Crippen LogP contribution in [0.25, 0.3) is 0 Å². The van der Waals surface area contributed by atoms with E-state index in [1.54, 1.807) is 17.5 Å². The Morgan fingerprint density at radius 3 is 3.04 bits per heavy atom. The van der Waals surface area contributed by atoms with Gasteiger partial charge in [-0.3, -0.25) is 4.79 Å². The summed E-state index contributed by atoms with van der Waals surface area (Å²) in [5, 5.41) is 2.95. The molecule has 2 aromatic rings. The zero-order chi connectivity index (χ0) is 17.1. The van der Waals surface area contributed by atoms with E-state index in [2.05, 4.69) is 9.97 Å². The lowest BCUT2D eigenvalue weighted by atomic mass is 10.3. The largest absolute Gasteiger partial charge is 0.485 e. The first-order valence-electron chi connectivity index (χ1n) is 8.00. The van der Waals surface area contributed by atoms with Gasteiger partial charge in [0, 0.05) is 38.6 Å². The number of likely N-dealkylation sites (tertiary alicyclic amines) is 1. The van der Waals surface area contributed by atoms with Crippen molar-refractivity contribution in [1.29, 1.82) is 0 Å². The van der Waals surface area contributed by atoms with Gasteiger partial charge in [-0.1, -0.05) is 0 Å². The zero-order valence-corrected chi connectivity index (χ0v) is 15.0. The van der Waals surface area contributed by atoms with Crippen molar-refractivity contribution in [2.24, 2.45) is 0 Å². The topological polar surface area (TPSA) is 58.6 Å². The summed E-state index contributed by atoms with van der Waals surface area (Å²) in [7, 11) is 3.88. The Balaban J connectivity index is 1.58. The molecule has 2 aromatic heterocycles. The van der Waals surface area contributed by atoms with E-state index in [9.17, 15) is 4.79 Å². The van der Waals surface area contributed by atoms with Crippen molar-refractivity contribution in [2.45, 2.75) is 25.9 Å². The van der Waals surface area contributed by atoms with Crippen LogP contribution in [0, 0.1) is 6.92 Å². The number of rotatable bonds is 5. The lowest BCUT2D eigenvalue weighted by molar-refractivity contribution is -0.129. The molecule has 6 nitrogen and oxygen atoms in total. The minimum absolute atomic E-state index is 0.00835. The molecule has 0 spiro atoms. The quantitative estimate of drug-likeness (QED) is 0.830. The molecule has 1 aliphatic rings. The number of anilines is 1. The average molecular weight is 346 g/mol. The van der Waals surface area contributed by atoms with Crippen molar-refractivity contribution in [1.82, 2.24) is 14.9 Å². The summed E-state index contributed by atoms with van der Waals surface area (Å²) in [5.41, 5.74) is 0.856. The van der Waals surface area contributed by atoms with Crippen LogP contribution in [0.2, 0.25) is 0 Å². The molecule has 1 amide bonds. The lowest BCUT2D eigenvalue weighted by Crippen LogP contribution is -2.32. The maximum absolute atomic E-state index is 12.4. The summed E-state index contributed by atoms with van der Waals surface area (Å²) in [6, 6.07) is 3.79. The number of hydrogen-bond donors (Lipinski definition) is 0. The minimum atomic E-state index is 0.00835. The first-order valence-corrected chi connectivity index (χ1v) is 8.88. The summed E-state index contributed by atoms with van der Waals surface area (Å²) in [5.74, 6) is 1.68. The van der Waals surface area contributed by atoms with Gasteiger partial charge in [-0.2, -0.15) is 0 Å². The van der Waals surface area contributed by atoms with E-state index in [-0.39, 0.29) is 12.0 Å². The van der Waals surface area contributed by atoms with E-state index in [4.69, 9.17) is 4.74 Å². The van der Waals surface area contributed by atoms with Gasteiger partial charge in [0.1, 0.15) is 6.10 Å². The Bertz CT molecular complexity index is 716. The Hall–Kier alpha value is -2.15. The molecular weight excluding hydrogens is 324 g/mol. The molecule has 0 radical (unpaired) electrons. The molecule has 128 valence electrons. The van der Waals surface area contributed by atoms with E-state index in [1.165, 1.54) is 0 Å². The molecule has 0 aliphatic carbocycles. The molecule has 0 N–H and O–H groups in total. The normalized spacial score (nSPS) is 17.1.